The molecule has 0 saturated carbocycles. The number of unbranched alkanes of at least 4 members (excludes halogenated alkanes) is 5. The Morgan fingerprint density at radius 2 is 1.85 bits per heavy atom. The summed E-state index contributed by atoms with van der Waals surface area (Å²) in [6.45, 7) is 2.23. The Morgan fingerprint density at radius 3 is 2.46 bits per heavy atom. The molecule has 76 valence electrons. The van der Waals surface area contributed by atoms with E-state index in [0.29, 0.717) is 0 Å². The Kier molecular flexibility index (Phi) is 5.06. The first-order valence-electron chi connectivity index (χ1n) is 5.49. The molecule has 0 radical (unpaired) electrons. The molecule has 2 nitrogen and oxygen atoms in total. The molecular formula is C11H20O2. The number of rotatable bonds is 8. The molecule has 0 N–H and O–H groups in total. The first-order chi connectivity index (χ1) is 6.38. The lowest BCUT2D eigenvalue weighted by atomic mass is 10.1. The molecule has 1 saturated heterocycles. The molecule has 0 aromatic carbocycles. The molecule has 0 unspecified atom stereocenters. The Labute approximate surface area is 80.7 Å². The van der Waals surface area contributed by atoms with Crippen molar-refractivity contribution in [2.24, 2.45) is 0 Å². The van der Waals surface area contributed by atoms with Gasteiger partial charge in [-0.3, -0.25) is 0 Å². The molecule has 1 heterocycles. The van der Waals surface area contributed by atoms with E-state index in [1.54, 1.807) is 0 Å². The van der Waals surface area contributed by atoms with Gasteiger partial charge < -0.3 is 9.53 Å². The predicted molar refractivity (Wildman–Crippen MR) is 52.7 cm³/mol. The minimum absolute atomic E-state index is 0.0596. The third-order valence-electron chi connectivity index (χ3n) is 2.60. The van der Waals surface area contributed by atoms with Crippen LogP contribution in [-0.4, -0.2) is 18.5 Å². The number of aldehydes is 1. The second kappa shape index (κ2) is 6.14. The second-order valence-corrected chi connectivity index (χ2v) is 3.83. The van der Waals surface area contributed by atoms with Crippen LogP contribution in [-0.2, 0) is 9.53 Å². The normalized spacial score (nSPS) is 25.9. The van der Waals surface area contributed by atoms with Crippen molar-refractivity contribution in [3.8, 4) is 0 Å². The van der Waals surface area contributed by atoms with Crippen LogP contribution in [0, 0.1) is 0 Å². The molecule has 1 aliphatic rings. The summed E-state index contributed by atoms with van der Waals surface area (Å²) in [6.07, 6.45) is 10.1. The molecule has 1 aliphatic heterocycles. The van der Waals surface area contributed by atoms with Gasteiger partial charge in [-0.1, -0.05) is 45.4 Å². The summed E-state index contributed by atoms with van der Waals surface area (Å²) >= 11 is 0. The van der Waals surface area contributed by atoms with E-state index in [4.69, 9.17) is 4.74 Å². The van der Waals surface area contributed by atoms with Crippen molar-refractivity contribution >= 4 is 6.29 Å². The van der Waals surface area contributed by atoms with Gasteiger partial charge >= 0.3 is 0 Å². The van der Waals surface area contributed by atoms with Gasteiger partial charge in [0.2, 0.25) is 0 Å². The summed E-state index contributed by atoms with van der Waals surface area (Å²) in [5, 5.41) is 0. The maximum absolute atomic E-state index is 10.2. The minimum Gasteiger partial charge on any atom is -0.362 e. The first kappa shape index (κ1) is 10.7. The summed E-state index contributed by atoms with van der Waals surface area (Å²) in [7, 11) is 0. The highest BCUT2D eigenvalue weighted by atomic mass is 16.6. The second-order valence-electron chi connectivity index (χ2n) is 3.83. The fraction of sp³-hybridized carbons (Fsp3) is 0.909. The molecule has 1 fully saturated rings. The van der Waals surface area contributed by atoms with E-state index < -0.39 is 0 Å². The molecule has 0 aromatic heterocycles. The monoisotopic (exact) mass is 184 g/mol. The summed E-state index contributed by atoms with van der Waals surface area (Å²) in [5.41, 5.74) is 0. The van der Waals surface area contributed by atoms with Gasteiger partial charge in [0.1, 0.15) is 6.10 Å². The third-order valence-corrected chi connectivity index (χ3v) is 2.60. The van der Waals surface area contributed by atoms with Crippen molar-refractivity contribution in [1.82, 2.24) is 0 Å². The van der Waals surface area contributed by atoms with Gasteiger partial charge in [-0.05, 0) is 6.42 Å². The topological polar surface area (TPSA) is 29.6 Å². The zero-order valence-corrected chi connectivity index (χ0v) is 8.50. The zero-order valence-electron chi connectivity index (χ0n) is 8.50. The fourth-order valence-corrected chi connectivity index (χ4v) is 1.63. The van der Waals surface area contributed by atoms with Crippen molar-refractivity contribution in [3.05, 3.63) is 0 Å². The standard InChI is InChI=1S/C11H20O2/c1-2-3-4-5-6-7-8-10-11(9-12)13-10/h9-11H,2-8H2,1H3/t10-,11-/m0/s1. The largest absolute Gasteiger partial charge is 0.362 e. The van der Waals surface area contributed by atoms with E-state index >= 15 is 0 Å². The molecule has 0 spiro atoms. The summed E-state index contributed by atoms with van der Waals surface area (Å²) in [5.74, 6) is 0. The van der Waals surface area contributed by atoms with E-state index in [2.05, 4.69) is 6.92 Å². The number of hydrogen-bond donors (Lipinski definition) is 0. The van der Waals surface area contributed by atoms with Crippen LogP contribution in [0.5, 0.6) is 0 Å². The Morgan fingerprint density at radius 1 is 1.15 bits per heavy atom. The Hall–Kier alpha value is -0.370. The van der Waals surface area contributed by atoms with Crippen LogP contribution in [0.1, 0.15) is 51.9 Å². The molecule has 2 atom stereocenters. The average molecular weight is 184 g/mol. The summed E-state index contributed by atoms with van der Waals surface area (Å²) < 4.78 is 5.13. The van der Waals surface area contributed by atoms with Crippen LogP contribution < -0.4 is 0 Å². The van der Waals surface area contributed by atoms with E-state index in [9.17, 15) is 4.79 Å². The van der Waals surface area contributed by atoms with Gasteiger partial charge in [0.15, 0.2) is 6.29 Å². The van der Waals surface area contributed by atoms with Crippen molar-refractivity contribution in [2.75, 3.05) is 0 Å². The highest BCUT2D eigenvalue weighted by Gasteiger charge is 2.37. The molecular weight excluding hydrogens is 164 g/mol. The Bertz CT molecular complexity index is 145. The van der Waals surface area contributed by atoms with Crippen LogP contribution in [0.15, 0.2) is 0 Å². The zero-order chi connectivity index (χ0) is 9.52. The lowest BCUT2D eigenvalue weighted by molar-refractivity contribution is -0.108. The highest BCUT2D eigenvalue weighted by molar-refractivity contribution is 5.60. The molecule has 0 aliphatic carbocycles. The molecule has 13 heavy (non-hydrogen) atoms. The maximum Gasteiger partial charge on any atom is 0.151 e. The van der Waals surface area contributed by atoms with Gasteiger partial charge in [-0.15, -0.1) is 0 Å². The fourth-order valence-electron chi connectivity index (χ4n) is 1.63. The van der Waals surface area contributed by atoms with Crippen LogP contribution in [0.25, 0.3) is 0 Å². The number of carbonyl (C=O) groups is 1. The van der Waals surface area contributed by atoms with Gasteiger partial charge in [0.25, 0.3) is 0 Å². The lowest BCUT2D eigenvalue weighted by Crippen LogP contribution is -1.94. The third kappa shape index (κ3) is 4.41. The van der Waals surface area contributed by atoms with Crippen molar-refractivity contribution < 1.29 is 9.53 Å². The number of epoxide rings is 1. The van der Waals surface area contributed by atoms with Crippen molar-refractivity contribution in [3.63, 3.8) is 0 Å². The van der Waals surface area contributed by atoms with Crippen molar-refractivity contribution in [1.29, 1.82) is 0 Å². The van der Waals surface area contributed by atoms with E-state index in [1.165, 1.54) is 38.5 Å². The summed E-state index contributed by atoms with van der Waals surface area (Å²) in [4.78, 5) is 10.2. The van der Waals surface area contributed by atoms with Crippen molar-refractivity contribution in [2.45, 2.75) is 64.1 Å². The van der Waals surface area contributed by atoms with Crippen LogP contribution >= 0.6 is 0 Å². The molecule has 1 rings (SSSR count). The lowest BCUT2D eigenvalue weighted by Gasteiger charge is -1.97. The van der Waals surface area contributed by atoms with E-state index in [-0.39, 0.29) is 12.2 Å². The Balaban J connectivity index is 1.77. The maximum atomic E-state index is 10.2. The van der Waals surface area contributed by atoms with Crippen LogP contribution in [0.3, 0.4) is 0 Å². The number of carbonyl (C=O) groups excluding carboxylic acids is 1. The average Bonchev–Trinajstić information content (AvgIpc) is 2.90. The van der Waals surface area contributed by atoms with Crippen LogP contribution in [0.2, 0.25) is 0 Å². The smallest absolute Gasteiger partial charge is 0.151 e. The molecule has 2 heteroatoms. The van der Waals surface area contributed by atoms with Gasteiger partial charge in [0, 0.05) is 0 Å². The van der Waals surface area contributed by atoms with Gasteiger partial charge in [0.05, 0.1) is 6.10 Å². The predicted octanol–water partition coefficient (Wildman–Crippen LogP) is 2.70. The van der Waals surface area contributed by atoms with E-state index in [0.717, 1.165) is 12.7 Å². The van der Waals surface area contributed by atoms with Crippen LogP contribution in [0.4, 0.5) is 0 Å². The first-order valence-corrected chi connectivity index (χ1v) is 5.49. The quantitative estimate of drug-likeness (QED) is 0.330. The van der Waals surface area contributed by atoms with E-state index in [1.807, 2.05) is 0 Å². The summed E-state index contributed by atoms with van der Waals surface area (Å²) in [6, 6.07) is 0. The number of ether oxygens (including phenoxy) is 1. The molecule has 0 aromatic rings. The molecule has 0 amide bonds. The highest BCUT2D eigenvalue weighted by Crippen LogP contribution is 2.25. The minimum atomic E-state index is -0.0596. The number of hydrogen-bond acceptors (Lipinski definition) is 2. The molecule has 0 bridgehead atoms. The van der Waals surface area contributed by atoms with Gasteiger partial charge in [-0.2, -0.15) is 0 Å². The van der Waals surface area contributed by atoms with Gasteiger partial charge in [-0.25, -0.2) is 0 Å². The SMILES string of the molecule is CCCCCCCC[C@@H]1O[C@H]1C=O.